The summed E-state index contributed by atoms with van der Waals surface area (Å²) >= 11 is 0. The van der Waals surface area contributed by atoms with E-state index < -0.39 is 23.8 Å². The monoisotopic (exact) mass is 361 g/mol. The standard InChI is InChI=1S/C18H20FN3O4/c19-12-5-7-14(8-6-12)26-16(18(24)25)11-20-17(23)15-9-10-21-22(15)13-3-1-2-4-13/h5-10,13,16H,1-4,11H2,(H,20,23)(H,24,25). The van der Waals surface area contributed by atoms with Crippen LogP contribution >= 0.6 is 0 Å². The third-order valence-corrected chi connectivity index (χ3v) is 4.39. The van der Waals surface area contributed by atoms with Gasteiger partial charge in [-0.2, -0.15) is 5.10 Å². The van der Waals surface area contributed by atoms with Gasteiger partial charge in [0.05, 0.1) is 12.6 Å². The molecule has 3 rings (SSSR count). The molecule has 7 nitrogen and oxygen atoms in total. The summed E-state index contributed by atoms with van der Waals surface area (Å²) in [5.74, 6) is -1.86. The third kappa shape index (κ3) is 4.19. The minimum atomic E-state index is -1.28. The Kier molecular flexibility index (Phi) is 5.50. The molecule has 1 fully saturated rings. The first-order valence-corrected chi connectivity index (χ1v) is 8.51. The first-order valence-electron chi connectivity index (χ1n) is 8.51. The number of carbonyl (C=O) groups is 2. The molecule has 1 aromatic carbocycles. The minimum Gasteiger partial charge on any atom is -0.478 e. The second-order valence-corrected chi connectivity index (χ2v) is 6.21. The van der Waals surface area contributed by atoms with Gasteiger partial charge in [-0.1, -0.05) is 12.8 Å². The molecule has 0 aliphatic heterocycles. The Bertz CT molecular complexity index is 769. The highest BCUT2D eigenvalue weighted by Gasteiger charge is 2.25. The molecule has 8 heteroatoms. The van der Waals surface area contributed by atoms with Gasteiger partial charge in [-0.15, -0.1) is 0 Å². The van der Waals surface area contributed by atoms with Crippen molar-refractivity contribution in [2.45, 2.75) is 37.8 Å². The SMILES string of the molecule is O=C(NCC(Oc1ccc(F)cc1)C(=O)O)c1ccnn1C1CCCC1. The van der Waals surface area contributed by atoms with Gasteiger partial charge in [-0.05, 0) is 43.2 Å². The molecule has 2 aromatic rings. The summed E-state index contributed by atoms with van der Waals surface area (Å²) < 4.78 is 20.0. The van der Waals surface area contributed by atoms with Gasteiger partial charge in [0.15, 0.2) is 0 Å². The van der Waals surface area contributed by atoms with Crippen molar-refractivity contribution in [3.63, 3.8) is 0 Å². The number of halogens is 1. The lowest BCUT2D eigenvalue weighted by Gasteiger charge is -2.17. The second-order valence-electron chi connectivity index (χ2n) is 6.21. The highest BCUT2D eigenvalue weighted by molar-refractivity contribution is 5.92. The lowest BCUT2D eigenvalue weighted by Crippen LogP contribution is -2.41. The molecule has 0 bridgehead atoms. The van der Waals surface area contributed by atoms with Crippen LogP contribution in [0.15, 0.2) is 36.5 Å². The van der Waals surface area contributed by atoms with E-state index in [9.17, 15) is 19.1 Å². The van der Waals surface area contributed by atoms with Crippen molar-refractivity contribution in [2.24, 2.45) is 0 Å². The molecule has 0 radical (unpaired) electrons. The molecular weight excluding hydrogens is 341 g/mol. The van der Waals surface area contributed by atoms with Crippen LogP contribution in [0.25, 0.3) is 0 Å². The molecule has 1 amide bonds. The molecule has 1 saturated carbocycles. The van der Waals surface area contributed by atoms with Crippen molar-refractivity contribution in [3.05, 3.63) is 48.0 Å². The van der Waals surface area contributed by atoms with Crippen LogP contribution in [0.3, 0.4) is 0 Å². The van der Waals surface area contributed by atoms with Gasteiger partial charge < -0.3 is 15.2 Å². The maximum absolute atomic E-state index is 12.9. The van der Waals surface area contributed by atoms with Crippen LogP contribution < -0.4 is 10.1 Å². The van der Waals surface area contributed by atoms with Crippen LogP contribution in [0, 0.1) is 5.82 Å². The Hall–Kier alpha value is -2.90. The molecule has 1 aliphatic rings. The summed E-state index contributed by atoms with van der Waals surface area (Å²) in [4.78, 5) is 23.8. The zero-order valence-corrected chi connectivity index (χ0v) is 14.1. The smallest absolute Gasteiger partial charge is 0.346 e. The van der Waals surface area contributed by atoms with E-state index in [1.807, 2.05) is 0 Å². The molecule has 0 saturated heterocycles. The largest absolute Gasteiger partial charge is 0.478 e. The van der Waals surface area contributed by atoms with E-state index in [0.29, 0.717) is 5.69 Å². The normalized spacial score (nSPS) is 15.6. The van der Waals surface area contributed by atoms with Crippen molar-refractivity contribution >= 4 is 11.9 Å². The zero-order valence-electron chi connectivity index (χ0n) is 14.1. The van der Waals surface area contributed by atoms with Crippen LogP contribution in [0.5, 0.6) is 5.75 Å². The Morgan fingerprint density at radius 3 is 2.62 bits per heavy atom. The number of hydrogen-bond acceptors (Lipinski definition) is 4. The predicted octanol–water partition coefficient (Wildman–Crippen LogP) is 2.40. The number of carbonyl (C=O) groups excluding carboxylic acids is 1. The van der Waals surface area contributed by atoms with E-state index in [-0.39, 0.29) is 18.3 Å². The van der Waals surface area contributed by atoms with Crippen LogP contribution in [0.1, 0.15) is 42.2 Å². The Labute approximate surface area is 149 Å². The Morgan fingerprint density at radius 2 is 1.96 bits per heavy atom. The summed E-state index contributed by atoms with van der Waals surface area (Å²) in [6, 6.07) is 6.84. The van der Waals surface area contributed by atoms with Gasteiger partial charge in [-0.25, -0.2) is 9.18 Å². The number of aromatic nitrogens is 2. The van der Waals surface area contributed by atoms with Gasteiger partial charge in [0.25, 0.3) is 5.91 Å². The fourth-order valence-electron chi connectivity index (χ4n) is 3.07. The third-order valence-electron chi connectivity index (χ3n) is 4.39. The lowest BCUT2D eigenvalue weighted by atomic mass is 10.2. The highest BCUT2D eigenvalue weighted by atomic mass is 19.1. The minimum absolute atomic E-state index is 0.205. The highest BCUT2D eigenvalue weighted by Crippen LogP contribution is 2.29. The molecule has 0 spiro atoms. The van der Waals surface area contributed by atoms with Crippen LogP contribution in [-0.4, -0.2) is 39.4 Å². The molecule has 1 heterocycles. The number of ether oxygens (including phenoxy) is 1. The van der Waals surface area contributed by atoms with Crippen molar-refractivity contribution < 1.29 is 23.8 Å². The fourth-order valence-corrected chi connectivity index (χ4v) is 3.07. The van der Waals surface area contributed by atoms with Gasteiger partial charge in [0.1, 0.15) is 17.3 Å². The Morgan fingerprint density at radius 1 is 1.27 bits per heavy atom. The van der Waals surface area contributed by atoms with Crippen molar-refractivity contribution in [2.75, 3.05) is 6.54 Å². The molecule has 138 valence electrons. The number of nitrogens with zero attached hydrogens (tertiary/aromatic N) is 2. The van der Waals surface area contributed by atoms with E-state index in [4.69, 9.17) is 4.74 Å². The second kappa shape index (κ2) is 7.99. The number of nitrogens with one attached hydrogen (secondary N) is 1. The zero-order chi connectivity index (χ0) is 18.5. The molecular formula is C18H20FN3O4. The van der Waals surface area contributed by atoms with Crippen molar-refractivity contribution in [3.8, 4) is 5.75 Å². The molecule has 2 N–H and O–H groups in total. The lowest BCUT2D eigenvalue weighted by molar-refractivity contribution is -0.144. The van der Waals surface area contributed by atoms with Gasteiger partial charge >= 0.3 is 5.97 Å². The van der Waals surface area contributed by atoms with Crippen molar-refractivity contribution in [1.29, 1.82) is 0 Å². The number of hydrogen-bond donors (Lipinski definition) is 2. The van der Waals surface area contributed by atoms with Crippen LogP contribution in [0.4, 0.5) is 4.39 Å². The van der Waals surface area contributed by atoms with Crippen molar-refractivity contribution in [1.82, 2.24) is 15.1 Å². The van der Waals surface area contributed by atoms with Gasteiger partial charge in [-0.3, -0.25) is 9.48 Å². The molecule has 1 aromatic heterocycles. The average molecular weight is 361 g/mol. The van der Waals surface area contributed by atoms with Crippen LogP contribution in [-0.2, 0) is 4.79 Å². The summed E-state index contributed by atoms with van der Waals surface area (Å²) in [5.41, 5.74) is 0.405. The quantitative estimate of drug-likeness (QED) is 0.790. The predicted molar refractivity (Wildman–Crippen MR) is 90.5 cm³/mol. The topological polar surface area (TPSA) is 93.4 Å². The first kappa shape index (κ1) is 17.9. The fraction of sp³-hybridized carbons (Fsp3) is 0.389. The molecule has 26 heavy (non-hydrogen) atoms. The number of benzene rings is 1. The maximum Gasteiger partial charge on any atom is 0.346 e. The van der Waals surface area contributed by atoms with E-state index in [1.165, 1.54) is 24.3 Å². The average Bonchev–Trinajstić information content (AvgIpc) is 3.30. The molecule has 1 aliphatic carbocycles. The number of amides is 1. The Balaban J connectivity index is 1.62. The van der Waals surface area contributed by atoms with E-state index in [1.54, 1.807) is 16.9 Å². The molecule has 1 unspecified atom stereocenters. The summed E-state index contributed by atoms with van der Waals surface area (Å²) in [7, 11) is 0. The summed E-state index contributed by atoms with van der Waals surface area (Å²) in [6.07, 6.45) is 4.46. The van der Waals surface area contributed by atoms with E-state index in [2.05, 4.69) is 10.4 Å². The van der Waals surface area contributed by atoms with Crippen LogP contribution in [0.2, 0.25) is 0 Å². The first-order chi connectivity index (χ1) is 12.5. The molecule has 1 atom stereocenters. The van der Waals surface area contributed by atoms with E-state index in [0.717, 1.165) is 25.7 Å². The van der Waals surface area contributed by atoms with Gasteiger partial charge in [0.2, 0.25) is 6.10 Å². The summed E-state index contributed by atoms with van der Waals surface area (Å²) in [5, 5.41) is 16.1. The summed E-state index contributed by atoms with van der Waals surface area (Å²) in [6.45, 7) is -0.221. The number of carboxylic acid groups (broad SMARTS) is 1. The number of carboxylic acids is 1. The van der Waals surface area contributed by atoms with Gasteiger partial charge in [0, 0.05) is 6.20 Å². The van der Waals surface area contributed by atoms with E-state index >= 15 is 0 Å². The number of aliphatic carboxylic acids is 1. The maximum atomic E-state index is 12.9. The number of rotatable bonds is 7.